The van der Waals surface area contributed by atoms with E-state index in [1.54, 1.807) is 16.8 Å². The number of aromatic nitrogens is 2. The fourth-order valence-corrected chi connectivity index (χ4v) is 3.62. The summed E-state index contributed by atoms with van der Waals surface area (Å²) in [5.41, 5.74) is 2.74. The maximum absolute atomic E-state index is 13.8. The first-order valence-corrected chi connectivity index (χ1v) is 9.43. The number of hydrogen-bond donors (Lipinski definition) is 1. The van der Waals surface area contributed by atoms with Crippen LogP contribution in [0.25, 0.3) is 0 Å². The SMILES string of the molecule is Cc1nn(Cc2csc(C(=O)Nc3ccc(Br)cc3F)c2)c(C)c1Cl. The van der Waals surface area contributed by atoms with Gasteiger partial charge in [-0.1, -0.05) is 27.5 Å². The van der Waals surface area contributed by atoms with Crippen LogP contribution in [0.2, 0.25) is 5.02 Å². The Labute approximate surface area is 161 Å². The third-order valence-corrected chi connectivity index (χ3v) is 5.70. The molecule has 3 aromatic rings. The maximum Gasteiger partial charge on any atom is 0.265 e. The molecule has 130 valence electrons. The quantitative estimate of drug-likeness (QED) is 0.587. The van der Waals surface area contributed by atoms with E-state index in [4.69, 9.17) is 11.6 Å². The van der Waals surface area contributed by atoms with E-state index in [2.05, 4.69) is 26.3 Å². The number of amides is 1. The number of carbonyl (C=O) groups is 1. The van der Waals surface area contributed by atoms with Crippen LogP contribution in [0.3, 0.4) is 0 Å². The largest absolute Gasteiger partial charge is 0.319 e. The van der Waals surface area contributed by atoms with Crippen molar-refractivity contribution in [1.82, 2.24) is 9.78 Å². The molecule has 2 aromatic heterocycles. The predicted molar refractivity (Wildman–Crippen MR) is 102 cm³/mol. The van der Waals surface area contributed by atoms with Gasteiger partial charge < -0.3 is 5.32 Å². The molecule has 0 bridgehead atoms. The molecular weight excluding hydrogens is 429 g/mol. The van der Waals surface area contributed by atoms with E-state index in [-0.39, 0.29) is 11.6 Å². The Morgan fingerprint density at radius 3 is 2.80 bits per heavy atom. The summed E-state index contributed by atoms with van der Waals surface area (Å²) in [5, 5.41) is 9.51. The molecule has 8 heteroatoms. The number of carbonyl (C=O) groups excluding carboxylic acids is 1. The second-order valence-electron chi connectivity index (χ2n) is 5.54. The number of nitrogens with zero attached hydrogens (tertiary/aromatic N) is 2. The lowest BCUT2D eigenvalue weighted by Crippen LogP contribution is -2.11. The van der Waals surface area contributed by atoms with E-state index >= 15 is 0 Å². The van der Waals surface area contributed by atoms with Crippen LogP contribution >= 0.6 is 38.9 Å². The standard InChI is InChI=1S/C17H14BrClFN3OS/c1-9-16(19)10(2)23(22-9)7-11-5-15(25-8-11)17(24)21-14-4-3-12(18)6-13(14)20/h3-6,8H,7H2,1-2H3,(H,21,24). The van der Waals surface area contributed by atoms with Crippen molar-refractivity contribution in [2.45, 2.75) is 20.4 Å². The second-order valence-corrected chi connectivity index (χ2v) is 7.74. The summed E-state index contributed by atoms with van der Waals surface area (Å²) in [6.07, 6.45) is 0. The third kappa shape index (κ3) is 3.94. The zero-order chi connectivity index (χ0) is 18.1. The van der Waals surface area contributed by atoms with Crippen molar-refractivity contribution in [2.24, 2.45) is 0 Å². The lowest BCUT2D eigenvalue weighted by molar-refractivity contribution is 0.103. The predicted octanol–water partition coefficient (Wildman–Crippen LogP) is 5.42. The van der Waals surface area contributed by atoms with Crippen molar-refractivity contribution in [3.05, 3.63) is 66.8 Å². The van der Waals surface area contributed by atoms with Crippen LogP contribution in [-0.4, -0.2) is 15.7 Å². The highest BCUT2D eigenvalue weighted by molar-refractivity contribution is 9.10. The molecule has 0 saturated heterocycles. The molecule has 1 aromatic carbocycles. The average Bonchev–Trinajstić information content (AvgIpc) is 3.12. The fraction of sp³-hybridized carbons (Fsp3) is 0.176. The first kappa shape index (κ1) is 18.1. The summed E-state index contributed by atoms with van der Waals surface area (Å²) in [7, 11) is 0. The summed E-state index contributed by atoms with van der Waals surface area (Å²) < 4.78 is 16.3. The van der Waals surface area contributed by atoms with Gasteiger partial charge in [0.05, 0.1) is 33.5 Å². The number of benzene rings is 1. The van der Waals surface area contributed by atoms with Gasteiger partial charge in [-0.05, 0) is 49.1 Å². The molecule has 1 N–H and O–H groups in total. The highest BCUT2D eigenvalue weighted by Crippen LogP contribution is 2.24. The van der Waals surface area contributed by atoms with Crippen molar-refractivity contribution in [3.8, 4) is 0 Å². The van der Waals surface area contributed by atoms with Crippen molar-refractivity contribution < 1.29 is 9.18 Å². The van der Waals surface area contributed by atoms with Gasteiger partial charge in [0.15, 0.2) is 0 Å². The number of aryl methyl sites for hydroxylation is 1. The number of anilines is 1. The Bertz CT molecular complexity index is 954. The molecule has 0 aliphatic carbocycles. The van der Waals surface area contributed by atoms with Crippen LogP contribution in [0.4, 0.5) is 10.1 Å². The molecule has 4 nitrogen and oxygen atoms in total. The molecule has 0 radical (unpaired) electrons. The number of rotatable bonds is 4. The number of hydrogen-bond acceptors (Lipinski definition) is 3. The van der Waals surface area contributed by atoms with E-state index in [0.717, 1.165) is 17.0 Å². The van der Waals surface area contributed by atoms with E-state index in [1.807, 2.05) is 19.2 Å². The Morgan fingerprint density at radius 1 is 1.40 bits per heavy atom. The smallest absolute Gasteiger partial charge is 0.265 e. The van der Waals surface area contributed by atoms with Gasteiger partial charge in [0.1, 0.15) is 5.82 Å². The summed E-state index contributed by atoms with van der Waals surface area (Å²) in [6.45, 7) is 4.28. The van der Waals surface area contributed by atoms with E-state index in [9.17, 15) is 9.18 Å². The number of halogens is 3. The van der Waals surface area contributed by atoms with Gasteiger partial charge in [0, 0.05) is 4.47 Å². The molecule has 0 saturated carbocycles. The van der Waals surface area contributed by atoms with Crippen LogP contribution in [0.15, 0.2) is 34.1 Å². The minimum Gasteiger partial charge on any atom is -0.319 e. The summed E-state index contributed by atoms with van der Waals surface area (Å²) in [6, 6.07) is 6.28. The highest BCUT2D eigenvalue weighted by atomic mass is 79.9. The fourth-order valence-electron chi connectivity index (χ4n) is 2.35. The topological polar surface area (TPSA) is 46.9 Å². The van der Waals surface area contributed by atoms with Gasteiger partial charge in [0.25, 0.3) is 5.91 Å². The minimum atomic E-state index is -0.489. The first-order chi connectivity index (χ1) is 11.8. The first-order valence-electron chi connectivity index (χ1n) is 7.38. The van der Waals surface area contributed by atoms with Gasteiger partial charge in [-0.2, -0.15) is 5.10 Å². The Balaban J connectivity index is 1.74. The van der Waals surface area contributed by atoms with Gasteiger partial charge >= 0.3 is 0 Å². The molecule has 0 atom stereocenters. The van der Waals surface area contributed by atoms with Crippen LogP contribution < -0.4 is 5.32 Å². The van der Waals surface area contributed by atoms with E-state index in [1.165, 1.54) is 23.5 Å². The van der Waals surface area contributed by atoms with Gasteiger partial charge in [-0.25, -0.2) is 4.39 Å². The lowest BCUT2D eigenvalue weighted by Gasteiger charge is -2.05. The minimum absolute atomic E-state index is 0.147. The zero-order valence-corrected chi connectivity index (χ0v) is 16.6. The van der Waals surface area contributed by atoms with Crippen LogP contribution in [0, 0.1) is 19.7 Å². The van der Waals surface area contributed by atoms with E-state index in [0.29, 0.717) is 20.9 Å². The van der Waals surface area contributed by atoms with Crippen LogP contribution in [-0.2, 0) is 6.54 Å². The molecule has 2 heterocycles. The molecule has 0 unspecified atom stereocenters. The van der Waals surface area contributed by atoms with Crippen molar-refractivity contribution in [2.75, 3.05) is 5.32 Å². The highest BCUT2D eigenvalue weighted by Gasteiger charge is 2.14. The van der Waals surface area contributed by atoms with Crippen LogP contribution in [0.1, 0.15) is 26.6 Å². The van der Waals surface area contributed by atoms with Crippen molar-refractivity contribution >= 4 is 50.5 Å². The van der Waals surface area contributed by atoms with Crippen molar-refractivity contribution in [1.29, 1.82) is 0 Å². The normalized spacial score (nSPS) is 10.9. The average molecular weight is 443 g/mol. The molecule has 0 spiro atoms. The van der Waals surface area contributed by atoms with Gasteiger partial charge in [0.2, 0.25) is 0 Å². The molecule has 25 heavy (non-hydrogen) atoms. The number of thiophene rings is 1. The van der Waals surface area contributed by atoms with Gasteiger partial charge in [-0.3, -0.25) is 9.48 Å². The molecule has 1 amide bonds. The third-order valence-electron chi connectivity index (χ3n) is 3.68. The molecule has 0 aliphatic heterocycles. The Hall–Kier alpha value is -1.70. The van der Waals surface area contributed by atoms with Gasteiger partial charge in [-0.15, -0.1) is 11.3 Å². The molecule has 0 fully saturated rings. The molecule has 3 rings (SSSR count). The zero-order valence-electron chi connectivity index (χ0n) is 13.4. The van der Waals surface area contributed by atoms with Crippen LogP contribution in [0.5, 0.6) is 0 Å². The summed E-state index contributed by atoms with van der Waals surface area (Å²) in [5.74, 6) is -0.833. The second kappa shape index (κ2) is 7.27. The lowest BCUT2D eigenvalue weighted by atomic mass is 10.2. The summed E-state index contributed by atoms with van der Waals surface area (Å²) >= 11 is 10.6. The monoisotopic (exact) mass is 441 g/mol. The maximum atomic E-state index is 13.8. The Morgan fingerprint density at radius 2 is 2.16 bits per heavy atom. The summed E-state index contributed by atoms with van der Waals surface area (Å²) in [4.78, 5) is 12.8. The Kier molecular flexibility index (Phi) is 5.27. The molecule has 0 aliphatic rings. The number of nitrogens with one attached hydrogen (secondary N) is 1. The molecular formula is C17H14BrClFN3OS. The van der Waals surface area contributed by atoms with E-state index < -0.39 is 5.82 Å². The van der Waals surface area contributed by atoms with Crippen molar-refractivity contribution in [3.63, 3.8) is 0 Å².